The van der Waals surface area contributed by atoms with Crippen molar-refractivity contribution >= 4 is 11.9 Å². The van der Waals surface area contributed by atoms with E-state index in [1.807, 2.05) is 0 Å². The highest BCUT2D eigenvalue weighted by Crippen LogP contribution is 2.28. The maximum Gasteiger partial charge on any atom is 0.315 e. The number of aliphatic carboxylic acids is 1. The van der Waals surface area contributed by atoms with Crippen LogP contribution in [0.15, 0.2) is 12.1 Å². The van der Waals surface area contributed by atoms with E-state index < -0.39 is 58.9 Å². The molecule has 0 aliphatic rings. The molecule has 2 atom stereocenters. The van der Waals surface area contributed by atoms with Gasteiger partial charge in [0.25, 0.3) is 0 Å². The highest BCUT2D eigenvalue weighted by molar-refractivity contribution is 5.81. The molecule has 0 saturated carbocycles. The quantitative estimate of drug-likeness (QED) is 0.638. The van der Waals surface area contributed by atoms with Gasteiger partial charge in [0.05, 0.1) is 6.42 Å². The van der Waals surface area contributed by atoms with Gasteiger partial charge in [0.1, 0.15) is 17.3 Å². The second-order valence-corrected chi connectivity index (χ2v) is 6.06. The first-order valence-corrected chi connectivity index (χ1v) is 6.77. The Balaban J connectivity index is 3.31. The number of ether oxygens (including phenoxy) is 1. The highest BCUT2D eigenvalue weighted by Gasteiger charge is 2.35. The molecule has 23 heavy (non-hydrogen) atoms. The number of carbonyl (C=O) groups is 2. The summed E-state index contributed by atoms with van der Waals surface area (Å²) in [4.78, 5) is 23.1. The molecule has 0 bridgehead atoms. The van der Waals surface area contributed by atoms with Gasteiger partial charge in [-0.25, -0.2) is 13.2 Å². The van der Waals surface area contributed by atoms with Crippen molar-refractivity contribution in [3.05, 3.63) is 35.1 Å². The predicted molar refractivity (Wildman–Crippen MR) is 75.1 cm³/mol. The summed E-state index contributed by atoms with van der Waals surface area (Å²) in [6, 6.07) is -0.613. The minimum Gasteiger partial charge on any atom is -0.481 e. The molecule has 5 nitrogen and oxygen atoms in total. The molecule has 0 heterocycles. The lowest BCUT2D eigenvalue weighted by atomic mass is 9.89. The van der Waals surface area contributed by atoms with Crippen LogP contribution in [0.1, 0.15) is 38.7 Å². The second-order valence-electron chi connectivity index (χ2n) is 6.06. The van der Waals surface area contributed by atoms with Crippen molar-refractivity contribution in [3.63, 3.8) is 0 Å². The van der Waals surface area contributed by atoms with Gasteiger partial charge in [0, 0.05) is 17.7 Å². The Morgan fingerprint density at radius 3 is 2.17 bits per heavy atom. The van der Waals surface area contributed by atoms with E-state index in [-0.39, 0.29) is 6.07 Å². The number of carboxylic acids is 1. The van der Waals surface area contributed by atoms with Crippen LogP contribution in [0.2, 0.25) is 0 Å². The normalized spacial score (nSPS) is 14.2. The average Bonchev–Trinajstić information content (AvgIpc) is 2.32. The Bertz CT molecular complexity index is 613. The maximum absolute atomic E-state index is 14.0. The number of benzene rings is 1. The third-order valence-corrected chi connectivity index (χ3v) is 2.87. The summed E-state index contributed by atoms with van der Waals surface area (Å²) in [7, 11) is 0. The number of carbonyl (C=O) groups excluding carboxylic acids is 1. The molecule has 0 aliphatic heterocycles. The van der Waals surface area contributed by atoms with E-state index >= 15 is 0 Å². The molecule has 8 heteroatoms. The molecule has 0 spiro atoms. The second kappa shape index (κ2) is 6.99. The van der Waals surface area contributed by atoms with Crippen molar-refractivity contribution in [3.8, 4) is 0 Å². The highest BCUT2D eigenvalue weighted by atomic mass is 19.2. The molecule has 0 saturated heterocycles. The van der Waals surface area contributed by atoms with Crippen molar-refractivity contribution < 1.29 is 32.6 Å². The van der Waals surface area contributed by atoms with Gasteiger partial charge in [0.15, 0.2) is 11.6 Å². The monoisotopic (exact) mass is 333 g/mol. The van der Waals surface area contributed by atoms with Crippen LogP contribution >= 0.6 is 0 Å². The van der Waals surface area contributed by atoms with Crippen molar-refractivity contribution in [2.24, 2.45) is 5.73 Å². The molecule has 3 N–H and O–H groups in total. The van der Waals surface area contributed by atoms with E-state index in [9.17, 15) is 22.8 Å². The van der Waals surface area contributed by atoms with Crippen molar-refractivity contribution in [2.45, 2.75) is 44.8 Å². The van der Waals surface area contributed by atoms with Crippen LogP contribution in [0.4, 0.5) is 13.2 Å². The van der Waals surface area contributed by atoms with Gasteiger partial charge >= 0.3 is 11.9 Å². The smallest absolute Gasteiger partial charge is 0.315 e. The Kier molecular flexibility index (Phi) is 5.76. The number of nitrogens with two attached hydrogens (primary N) is 1. The minimum absolute atomic E-state index is 0.273. The standard InChI is InChI=1S/C15H18F3NO4/c1-15(2,3)23-14(22)13(11(19)6-12(20)21)7-4-9(17)10(18)5-8(7)16/h4-5,11,13H,6,19H2,1-3H3,(H,20,21)/t11-,13?/m0/s1. The fourth-order valence-electron chi connectivity index (χ4n) is 1.99. The molecule has 128 valence electrons. The first-order chi connectivity index (χ1) is 10.4. The summed E-state index contributed by atoms with van der Waals surface area (Å²) in [6.45, 7) is 4.64. The number of hydrogen-bond donors (Lipinski definition) is 2. The van der Waals surface area contributed by atoms with Crippen LogP contribution in [0.3, 0.4) is 0 Å². The summed E-state index contributed by atoms with van der Waals surface area (Å²) in [5.41, 5.74) is 4.16. The van der Waals surface area contributed by atoms with Gasteiger partial charge in [-0.05, 0) is 26.8 Å². The zero-order valence-electron chi connectivity index (χ0n) is 12.9. The van der Waals surface area contributed by atoms with Gasteiger partial charge in [-0.2, -0.15) is 0 Å². The number of hydrogen-bond acceptors (Lipinski definition) is 4. The van der Waals surface area contributed by atoms with Gasteiger partial charge in [-0.1, -0.05) is 0 Å². The molecular weight excluding hydrogens is 315 g/mol. The molecule has 0 aliphatic carbocycles. The van der Waals surface area contributed by atoms with Gasteiger partial charge < -0.3 is 15.6 Å². The summed E-state index contributed by atoms with van der Waals surface area (Å²) in [5.74, 6) is -7.94. The lowest BCUT2D eigenvalue weighted by molar-refractivity contribution is -0.157. The molecule has 0 aromatic heterocycles. The lowest BCUT2D eigenvalue weighted by Crippen LogP contribution is -2.39. The average molecular weight is 333 g/mol. The first kappa shape index (κ1) is 19.0. The van der Waals surface area contributed by atoms with E-state index in [0.29, 0.717) is 6.07 Å². The largest absolute Gasteiger partial charge is 0.481 e. The third kappa shape index (κ3) is 5.24. The van der Waals surface area contributed by atoms with Gasteiger partial charge in [0.2, 0.25) is 0 Å². The van der Waals surface area contributed by atoms with Crippen molar-refractivity contribution in [2.75, 3.05) is 0 Å². The molecule has 1 aromatic rings. The molecule has 0 radical (unpaired) electrons. The molecule has 1 rings (SSSR count). The predicted octanol–water partition coefficient (Wildman–Crippen LogP) is 2.33. The third-order valence-electron chi connectivity index (χ3n) is 2.87. The zero-order valence-corrected chi connectivity index (χ0v) is 12.9. The SMILES string of the molecule is CC(C)(C)OC(=O)C(c1cc(F)c(F)cc1F)[C@@H](N)CC(=O)O. The van der Waals surface area contributed by atoms with Crippen LogP contribution in [0.5, 0.6) is 0 Å². The molecule has 0 amide bonds. The summed E-state index contributed by atoms with van der Waals surface area (Å²) in [5, 5.41) is 8.80. The van der Waals surface area contributed by atoms with Crippen LogP contribution in [0, 0.1) is 17.5 Å². The zero-order chi connectivity index (χ0) is 17.9. The lowest BCUT2D eigenvalue weighted by Gasteiger charge is -2.27. The summed E-state index contributed by atoms with van der Waals surface area (Å²) < 4.78 is 45.5. The number of rotatable bonds is 5. The van der Waals surface area contributed by atoms with Gasteiger partial charge in [-0.3, -0.25) is 9.59 Å². The molecular formula is C15H18F3NO4. The topological polar surface area (TPSA) is 89.6 Å². The van der Waals surface area contributed by atoms with E-state index in [4.69, 9.17) is 15.6 Å². The summed E-state index contributed by atoms with van der Waals surface area (Å²) >= 11 is 0. The minimum atomic E-state index is -1.58. The van der Waals surface area contributed by atoms with Crippen LogP contribution in [-0.2, 0) is 14.3 Å². The van der Waals surface area contributed by atoms with Gasteiger partial charge in [-0.15, -0.1) is 0 Å². The Labute approximate surface area is 131 Å². The fourth-order valence-corrected chi connectivity index (χ4v) is 1.99. The number of halogens is 3. The van der Waals surface area contributed by atoms with Crippen LogP contribution in [0.25, 0.3) is 0 Å². The molecule has 1 unspecified atom stereocenters. The molecule has 0 fully saturated rings. The van der Waals surface area contributed by atoms with E-state index in [1.165, 1.54) is 0 Å². The molecule has 1 aromatic carbocycles. The Morgan fingerprint density at radius 2 is 1.70 bits per heavy atom. The van der Waals surface area contributed by atoms with Crippen LogP contribution < -0.4 is 5.73 Å². The number of esters is 1. The number of carboxylic acid groups (broad SMARTS) is 1. The maximum atomic E-state index is 14.0. The summed E-state index contributed by atoms with van der Waals surface area (Å²) in [6.07, 6.45) is -0.678. The fraction of sp³-hybridized carbons (Fsp3) is 0.467. The van der Waals surface area contributed by atoms with Crippen LogP contribution in [-0.4, -0.2) is 28.7 Å². The van der Waals surface area contributed by atoms with Crippen molar-refractivity contribution in [1.82, 2.24) is 0 Å². The van der Waals surface area contributed by atoms with E-state index in [1.54, 1.807) is 20.8 Å². The Hall–Kier alpha value is -2.09. The Morgan fingerprint density at radius 1 is 1.17 bits per heavy atom. The van der Waals surface area contributed by atoms with E-state index in [0.717, 1.165) is 0 Å². The van der Waals surface area contributed by atoms with E-state index in [2.05, 4.69) is 0 Å². The van der Waals surface area contributed by atoms with Crippen molar-refractivity contribution in [1.29, 1.82) is 0 Å². The first-order valence-electron chi connectivity index (χ1n) is 6.77.